The molecule has 0 atom stereocenters. The van der Waals surface area contributed by atoms with Crippen LogP contribution in [0.2, 0.25) is 0 Å². The average molecular weight is 262 g/mol. The van der Waals surface area contributed by atoms with Gasteiger partial charge in [-0.1, -0.05) is 6.07 Å². The first-order chi connectivity index (χ1) is 8.66. The summed E-state index contributed by atoms with van der Waals surface area (Å²) in [6.07, 6.45) is 3.29. The number of rotatable bonds is 3. The Labute approximate surface area is 109 Å². The van der Waals surface area contributed by atoms with Crippen molar-refractivity contribution >= 4 is 18.5 Å². The molecule has 0 unspecified atom stereocenters. The highest BCUT2D eigenvalue weighted by molar-refractivity contribution is 7.80. The van der Waals surface area contributed by atoms with Crippen LogP contribution in [0, 0.1) is 5.82 Å². The van der Waals surface area contributed by atoms with Crippen molar-refractivity contribution in [2.75, 3.05) is 0 Å². The third-order valence-electron chi connectivity index (χ3n) is 2.37. The maximum atomic E-state index is 13.4. The highest BCUT2D eigenvalue weighted by atomic mass is 32.1. The molecule has 1 aromatic heterocycles. The molecule has 1 aromatic carbocycles. The normalized spacial score (nSPS) is 10.1. The van der Waals surface area contributed by atoms with Crippen molar-refractivity contribution in [1.82, 2.24) is 10.3 Å². The minimum atomic E-state index is -0.559. The van der Waals surface area contributed by atoms with E-state index in [1.165, 1.54) is 18.2 Å². The van der Waals surface area contributed by atoms with E-state index >= 15 is 0 Å². The van der Waals surface area contributed by atoms with Gasteiger partial charge in [0.1, 0.15) is 5.82 Å². The lowest BCUT2D eigenvalue weighted by Crippen LogP contribution is -2.23. The highest BCUT2D eigenvalue weighted by Gasteiger charge is 2.11. The Morgan fingerprint density at radius 1 is 1.39 bits per heavy atom. The van der Waals surface area contributed by atoms with Gasteiger partial charge in [0.05, 0.1) is 5.56 Å². The van der Waals surface area contributed by atoms with Gasteiger partial charge in [0.15, 0.2) is 0 Å². The van der Waals surface area contributed by atoms with Gasteiger partial charge in [0.25, 0.3) is 5.91 Å². The van der Waals surface area contributed by atoms with Crippen molar-refractivity contribution in [1.29, 1.82) is 0 Å². The van der Waals surface area contributed by atoms with Crippen LogP contribution < -0.4 is 5.32 Å². The zero-order chi connectivity index (χ0) is 13.0. The number of nitrogens with one attached hydrogen (secondary N) is 1. The number of benzene rings is 1. The van der Waals surface area contributed by atoms with Crippen LogP contribution in [0.5, 0.6) is 0 Å². The van der Waals surface area contributed by atoms with Gasteiger partial charge in [-0.15, -0.1) is 12.6 Å². The summed E-state index contributed by atoms with van der Waals surface area (Å²) >= 11 is 4.08. The molecule has 0 aliphatic heterocycles. The van der Waals surface area contributed by atoms with Gasteiger partial charge in [-0.2, -0.15) is 0 Å². The number of halogens is 1. The molecule has 0 aliphatic rings. The molecule has 92 valence electrons. The summed E-state index contributed by atoms with van der Waals surface area (Å²) in [5, 5.41) is 2.63. The maximum absolute atomic E-state index is 13.4. The fourth-order valence-corrected chi connectivity index (χ4v) is 1.67. The van der Waals surface area contributed by atoms with E-state index in [9.17, 15) is 9.18 Å². The van der Waals surface area contributed by atoms with E-state index < -0.39 is 11.7 Å². The van der Waals surface area contributed by atoms with Crippen LogP contribution in [0.15, 0.2) is 47.6 Å². The largest absolute Gasteiger partial charge is 0.348 e. The summed E-state index contributed by atoms with van der Waals surface area (Å²) < 4.78 is 13.4. The van der Waals surface area contributed by atoms with Crippen LogP contribution in [0.3, 0.4) is 0 Å². The second-order valence-corrected chi connectivity index (χ2v) is 4.22. The Balaban J connectivity index is 2.06. The second-order valence-electron chi connectivity index (χ2n) is 3.71. The first kappa shape index (κ1) is 12.6. The molecule has 0 fully saturated rings. The molecule has 1 N–H and O–H groups in total. The molecule has 0 bridgehead atoms. The number of nitrogens with zero attached hydrogens (tertiary/aromatic N) is 1. The molecular weight excluding hydrogens is 251 g/mol. The molecule has 1 amide bonds. The van der Waals surface area contributed by atoms with E-state index in [0.29, 0.717) is 11.4 Å². The van der Waals surface area contributed by atoms with Gasteiger partial charge < -0.3 is 5.32 Å². The van der Waals surface area contributed by atoms with Crippen LogP contribution >= 0.6 is 12.6 Å². The van der Waals surface area contributed by atoms with Gasteiger partial charge in [0.2, 0.25) is 0 Å². The van der Waals surface area contributed by atoms with Crippen LogP contribution in [0.4, 0.5) is 4.39 Å². The van der Waals surface area contributed by atoms with Crippen molar-refractivity contribution in [3.05, 3.63) is 59.7 Å². The summed E-state index contributed by atoms with van der Waals surface area (Å²) in [5.41, 5.74) is 0.847. The first-order valence-corrected chi connectivity index (χ1v) is 5.77. The van der Waals surface area contributed by atoms with Crippen molar-refractivity contribution in [2.24, 2.45) is 0 Å². The van der Waals surface area contributed by atoms with Crippen LogP contribution in [0.1, 0.15) is 15.9 Å². The number of hydrogen-bond acceptors (Lipinski definition) is 3. The quantitative estimate of drug-likeness (QED) is 0.834. The van der Waals surface area contributed by atoms with Crippen molar-refractivity contribution < 1.29 is 9.18 Å². The Bertz CT molecular complexity index is 560. The number of amides is 1. The van der Waals surface area contributed by atoms with Gasteiger partial charge in [-0.25, -0.2) is 4.39 Å². The summed E-state index contributed by atoms with van der Waals surface area (Å²) in [6, 6.07) is 7.73. The number of pyridine rings is 1. The number of carbonyl (C=O) groups is 1. The average Bonchev–Trinajstić information content (AvgIpc) is 2.40. The number of carbonyl (C=O) groups excluding carboxylic acids is 1. The van der Waals surface area contributed by atoms with Gasteiger partial charge in [-0.05, 0) is 29.8 Å². The van der Waals surface area contributed by atoms with Crippen molar-refractivity contribution in [2.45, 2.75) is 11.4 Å². The third-order valence-corrected chi connectivity index (χ3v) is 2.65. The molecule has 18 heavy (non-hydrogen) atoms. The van der Waals surface area contributed by atoms with Crippen LogP contribution in [-0.2, 0) is 6.54 Å². The maximum Gasteiger partial charge on any atom is 0.254 e. The smallest absolute Gasteiger partial charge is 0.254 e. The second kappa shape index (κ2) is 5.64. The van der Waals surface area contributed by atoms with Crippen molar-refractivity contribution in [3.63, 3.8) is 0 Å². The monoisotopic (exact) mass is 262 g/mol. The third kappa shape index (κ3) is 3.07. The highest BCUT2D eigenvalue weighted by Crippen LogP contribution is 2.13. The molecule has 2 rings (SSSR count). The molecule has 0 saturated carbocycles. The minimum Gasteiger partial charge on any atom is -0.348 e. The molecular formula is C13H11FN2OS. The lowest BCUT2D eigenvalue weighted by atomic mass is 10.2. The lowest BCUT2D eigenvalue weighted by molar-refractivity contribution is 0.0946. The van der Waals surface area contributed by atoms with E-state index in [-0.39, 0.29) is 5.56 Å². The fraction of sp³-hybridized carbons (Fsp3) is 0.0769. The van der Waals surface area contributed by atoms with Gasteiger partial charge in [-0.3, -0.25) is 9.78 Å². The lowest BCUT2D eigenvalue weighted by Gasteiger charge is -2.06. The van der Waals surface area contributed by atoms with Crippen LogP contribution in [0.25, 0.3) is 0 Å². The number of aromatic nitrogens is 1. The Hall–Kier alpha value is -1.88. The Morgan fingerprint density at radius 3 is 2.94 bits per heavy atom. The van der Waals surface area contributed by atoms with Gasteiger partial charge >= 0.3 is 0 Å². The molecule has 0 radical (unpaired) electrons. The minimum absolute atomic E-state index is 0.00797. The number of thiol groups is 1. The molecule has 0 saturated heterocycles. The summed E-state index contributed by atoms with van der Waals surface area (Å²) in [4.78, 5) is 16.3. The SMILES string of the molecule is O=C(NCc1cccnc1)c1cc(S)ccc1F. The summed E-state index contributed by atoms with van der Waals surface area (Å²) in [6.45, 7) is 0.308. The van der Waals surface area contributed by atoms with E-state index in [1.807, 2.05) is 6.07 Å². The van der Waals surface area contributed by atoms with Crippen molar-refractivity contribution in [3.8, 4) is 0 Å². The molecule has 1 heterocycles. The van der Waals surface area contributed by atoms with E-state index in [1.54, 1.807) is 18.5 Å². The molecule has 0 spiro atoms. The molecule has 2 aromatic rings. The van der Waals surface area contributed by atoms with E-state index in [0.717, 1.165) is 5.56 Å². The van der Waals surface area contributed by atoms with E-state index in [2.05, 4.69) is 22.9 Å². The van der Waals surface area contributed by atoms with Crippen LogP contribution in [-0.4, -0.2) is 10.9 Å². The Kier molecular flexibility index (Phi) is 3.94. The Morgan fingerprint density at radius 2 is 2.22 bits per heavy atom. The summed E-state index contributed by atoms with van der Waals surface area (Å²) in [5.74, 6) is -1.02. The van der Waals surface area contributed by atoms with E-state index in [4.69, 9.17) is 0 Å². The zero-order valence-electron chi connectivity index (χ0n) is 9.43. The first-order valence-electron chi connectivity index (χ1n) is 5.32. The predicted octanol–water partition coefficient (Wildman–Crippen LogP) is 2.44. The summed E-state index contributed by atoms with van der Waals surface area (Å²) in [7, 11) is 0. The number of hydrogen-bond donors (Lipinski definition) is 2. The molecule has 5 heteroatoms. The standard InChI is InChI=1S/C13H11FN2OS/c14-12-4-3-10(18)6-11(12)13(17)16-8-9-2-1-5-15-7-9/h1-7,18H,8H2,(H,16,17). The zero-order valence-corrected chi connectivity index (χ0v) is 10.3. The predicted molar refractivity (Wildman–Crippen MR) is 69.1 cm³/mol. The molecule has 0 aliphatic carbocycles. The van der Waals surface area contributed by atoms with Gasteiger partial charge in [0, 0.05) is 23.8 Å². The fourth-order valence-electron chi connectivity index (χ4n) is 1.47. The molecule has 3 nitrogen and oxygen atoms in total. The topological polar surface area (TPSA) is 42.0 Å².